The number of thiophene rings is 1. The highest BCUT2D eigenvalue weighted by atomic mass is 32.1. The van der Waals surface area contributed by atoms with E-state index < -0.39 is 0 Å². The Morgan fingerprint density at radius 1 is 1.11 bits per heavy atom. The van der Waals surface area contributed by atoms with Crippen LogP contribution in [0.25, 0.3) is 11.1 Å². The fraction of sp³-hybridized carbons (Fsp3) is 0.190. The number of carbonyl (C=O) groups is 1. The molecule has 0 saturated heterocycles. The van der Waals surface area contributed by atoms with Crippen molar-refractivity contribution in [3.05, 3.63) is 64.1 Å². The number of ether oxygens (including phenoxy) is 2. The molecule has 4 nitrogen and oxygen atoms in total. The van der Waals surface area contributed by atoms with E-state index in [1.54, 1.807) is 31.6 Å². The third-order valence-electron chi connectivity index (χ3n) is 4.74. The molecule has 0 aliphatic carbocycles. The van der Waals surface area contributed by atoms with E-state index in [0.717, 1.165) is 27.3 Å². The van der Waals surface area contributed by atoms with Crippen LogP contribution < -0.4 is 14.8 Å². The van der Waals surface area contributed by atoms with E-state index in [1.165, 1.54) is 12.1 Å². The molecule has 138 valence electrons. The molecular weight excluding hydrogens is 365 g/mol. The Hall–Kier alpha value is -2.86. The topological polar surface area (TPSA) is 47.6 Å². The van der Waals surface area contributed by atoms with Crippen molar-refractivity contribution in [2.75, 3.05) is 19.5 Å². The quantitative estimate of drug-likeness (QED) is 0.686. The number of methoxy groups -OCH3 is 2. The smallest absolute Gasteiger partial charge is 0.225 e. The van der Waals surface area contributed by atoms with Crippen molar-refractivity contribution in [1.29, 1.82) is 0 Å². The zero-order valence-corrected chi connectivity index (χ0v) is 15.7. The molecule has 1 atom stereocenters. The average Bonchev–Trinajstić information content (AvgIpc) is 3.10. The van der Waals surface area contributed by atoms with Crippen LogP contribution in [0.4, 0.5) is 10.1 Å². The first-order valence-electron chi connectivity index (χ1n) is 8.49. The van der Waals surface area contributed by atoms with Crippen molar-refractivity contribution in [3.8, 4) is 22.6 Å². The molecule has 0 radical (unpaired) electrons. The van der Waals surface area contributed by atoms with Crippen molar-refractivity contribution >= 4 is 22.9 Å². The van der Waals surface area contributed by atoms with Gasteiger partial charge in [0, 0.05) is 28.2 Å². The first-order valence-corrected chi connectivity index (χ1v) is 9.37. The Balaban J connectivity index is 1.80. The predicted molar refractivity (Wildman–Crippen MR) is 104 cm³/mol. The van der Waals surface area contributed by atoms with Crippen molar-refractivity contribution in [3.63, 3.8) is 0 Å². The monoisotopic (exact) mass is 383 g/mol. The summed E-state index contributed by atoms with van der Waals surface area (Å²) in [6, 6.07) is 12.1. The number of fused-ring (bicyclic) bond motifs is 1. The van der Waals surface area contributed by atoms with Gasteiger partial charge in [-0.15, -0.1) is 11.3 Å². The summed E-state index contributed by atoms with van der Waals surface area (Å²) in [7, 11) is 3.18. The second-order valence-corrected chi connectivity index (χ2v) is 7.23. The highest BCUT2D eigenvalue weighted by Gasteiger charge is 2.30. The zero-order chi connectivity index (χ0) is 19.0. The summed E-state index contributed by atoms with van der Waals surface area (Å²) in [4.78, 5) is 13.4. The van der Waals surface area contributed by atoms with E-state index in [9.17, 15) is 9.18 Å². The third-order valence-corrected chi connectivity index (χ3v) is 5.83. The molecule has 0 unspecified atom stereocenters. The minimum atomic E-state index is -0.295. The maximum atomic E-state index is 13.7. The van der Waals surface area contributed by atoms with E-state index in [1.807, 2.05) is 29.6 Å². The maximum Gasteiger partial charge on any atom is 0.225 e. The Kier molecular flexibility index (Phi) is 4.58. The van der Waals surface area contributed by atoms with Crippen LogP contribution in [0.3, 0.4) is 0 Å². The van der Waals surface area contributed by atoms with Crippen molar-refractivity contribution in [1.82, 2.24) is 0 Å². The number of amides is 1. The van der Waals surface area contributed by atoms with Gasteiger partial charge in [-0.3, -0.25) is 4.79 Å². The molecule has 4 rings (SSSR count). The van der Waals surface area contributed by atoms with Gasteiger partial charge in [0.2, 0.25) is 5.91 Å². The first kappa shape index (κ1) is 17.5. The van der Waals surface area contributed by atoms with Crippen LogP contribution in [-0.2, 0) is 4.79 Å². The van der Waals surface area contributed by atoms with Gasteiger partial charge in [-0.1, -0.05) is 18.2 Å². The minimum absolute atomic E-state index is 0.0723. The molecule has 0 saturated carbocycles. The van der Waals surface area contributed by atoms with Crippen LogP contribution in [0, 0.1) is 5.82 Å². The molecule has 1 amide bonds. The van der Waals surface area contributed by atoms with E-state index in [-0.39, 0.29) is 17.6 Å². The minimum Gasteiger partial charge on any atom is -0.493 e. The van der Waals surface area contributed by atoms with Gasteiger partial charge in [-0.2, -0.15) is 0 Å². The number of rotatable bonds is 4. The predicted octanol–water partition coefficient (Wildman–Crippen LogP) is 5.05. The second-order valence-electron chi connectivity index (χ2n) is 6.32. The molecule has 0 bridgehead atoms. The SMILES string of the molecule is COc1ccc(-c2csc3c2NC(=O)C[C@@H]3c2cccc(F)c2)cc1OC. The first-order chi connectivity index (χ1) is 13.1. The number of hydrogen-bond donors (Lipinski definition) is 1. The van der Waals surface area contributed by atoms with Gasteiger partial charge in [-0.25, -0.2) is 4.39 Å². The lowest BCUT2D eigenvalue weighted by Crippen LogP contribution is -2.22. The molecular formula is C21H18FNO3S. The number of hydrogen-bond acceptors (Lipinski definition) is 4. The number of carbonyl (C=O) groups excluding carboxylic acids is 1. The van der Waals surface area contributed by atoms with Crippen LogP contribution in [0.2, 0.25) is 0 Å². The third kappa shape index (κ3) is 3.17. The van der Waals surface area contributed by atoms with Gasteiger partial charge < -0.3 is 14.8 Å². The Labute approximate surface area is 160 Å². The Bertz CT molecular complexity index is 1010. The van der Waals surface area contributed by atoms with Gasteiger partial charge in [0.25, 0.3) is 0 Å². The van der Waals surface area contributed by atoms with Gasteiger partial charge in [0.05, 0.1) is 19.9 Å². The molecule has 1 aliphatic heterocycles. The Morgan fingerprint density at radius 2 is 1.93 bits per heavy atom. The number of anilines is 1. The van der Waals surface area contributed by atoms with E-state index in [2.05, 4.69) is 5.32 Å². The lowest BCUT2D eigenvalue weighted by molar-refractivity contribution is -0.116. The lowest BCUT2D eigenvalue weighted by atomic mass is 9.89. The molecule has 0 fully saturated rings. The highest BCUT2D eigenvalue weighted by Crippen LogP contribution is 2.47. The fourth-order valence-electron chi connectivity index (χ4n) is 3.44. The van der Waals surface area contributed by atoms with Crippen LogP contribution in [0.1, 0.15) is 22.8 Å². The van der Waals surface area contributed by atoms with Crippen LogP contribution in [0.15, 0.2) is 47.8 Å². The molecule has 1 aromatic heterocycles. The normalized spacial score (nSPS) is 15.8. The van der Waals surface area contributed by atoms with Gasteiger partial charge in [-0.05, 0) is 35.4 Å². The zero-order valence-electron chi connectivity index (χ0n) is 14.9. The largest absolute Gasteiger partial charge is 0.493 e. The molecule has 1 aliphatic rings. The van der Waals surface area contributed by atoms with E-state index in [0.29, 0.717) is 17.9 Å². The fourth-order valence-corrected chi connectivity index (χ4v) is 4.60. The van der Waals surface area contributed by atoms with E-state index in [4.69, 9.17) is 9.47 Å². The highest BCUT2D eigenvalue weighted by molar-refractivity contribution is 7.11. The van der Waals surface area contributed by atoms with Gasteiger partial charge >= 0.3 is 0 Å². The summed E-state index contributed by atoms with van der Waals surface area (Å²) in [5.41, 5.74) is 3.44. The summed E-state index contributed by atoms with van der Waals surface area (Å²) >= 11 is 1.57. The average molecular weight is 383 g/mol. The molecule has 2 aromatic carbocycles. The molecule has 2 heterocycles. The number of halogens is 1. The van der Waals surface area contributed by atoms with Crippen LogP contribution >= 0.6 is 11.3 Å². The number of benzene rings is 2. The van der Waals surface area contributed by atoms with Crippen molar-refractivity contribution in [2.24, 2.45) is 0 Å². The molecule has 1 N–H and O–H groups in total. The number of nitrogens with one attached hydrogen (secondary N) is 1. The van der Waals surface area contributed by atoms with Crippen molar-refractivity contribution < 1.29 is 18.7 Å². The maximum absolute atomic E-state index is 13.7. The van der Waals surface area contributed by atoms with Gasteiger partial charge in [0.1, 0.15) is 5.82 Å². The van der Waals surface area contributed by atoms with Crippen LogP contribution in [-0.4, -0.2) is 20.1 Å². The Morgan fingerprint density at radius 3 is 2.67 bits per heavy atom. The summed E-state index contributed by atoms with van der Waals surface area (Å²) in [5, 5.41) is 5.01. The molecule has 0 spiro atoms. The van der Waals surface area contributed by atoms with Crippen molar-refractivity contribution in [2.45, 2.75) is 12.3 Å². The van der Waals surface area contributed by atoms with Crippen LogP contribution in [0.5, 0.6) is 11.5 Å². The molecule has 27 heavy (non-hydrogen) atoms. The summed E-state index contributed by atoms with van der Waals surface area (Å²) in [6.45, 7) is 0. The second kappa shape index (κ2) is 7.04. The standard InChI is InChI=1S/C21H18FNO3S/c1-25-17-7-6-13(9-18(17)26-2)16-11-27-21-15(10-19(24)23-20(16)21)12-4-3-5-14(22)8-12/h3-9,11,15H,10H2,1-2H3,(H,23,24)/t15-/m1/s1. The molecule has 6 heteroatoms. The summed E-state index contributed by atoms with van der Waals surface area (Å²) in [6.07, 6.45) is 0.308. The lowest BCUT2D eigenvalue weighted by Gasteiger charge is -2.24. The van der Waals surface area contributed by atoms with E-state index >= 15 is 0 Å². The van der Waals surface area contributed by atoms with Gasteiger partial charge in [0.15, 0.2) is 11.5 Å². The summed E-state index contributed by atoms with van der Waals surface area (Å²) < 4.78 is 24.4. The molecule has 3 aromatic rings. The summed E-state index contributed by atoms with van der Waals surface area (Å²) in [5.74, 6) is 0.753.